The highest BCUT2D eigenvalue weighted by molar-refractivity contribution is 5.87. The molecule has 0 aliphatic heterocycles. The van der Waals surface area contributed by atoms with Crippen molar-refractivity contribution in [2.45, 2.75) is 26.4 Å². The summed E-state index contributed by atoms with van der Waals surface area (Å²) in [6, 6.07) is 5.24. The smallest absolute Gasteiger partial charge is 0.239 e. The van der Waals surface area contributed by atoms with Gasteiger partial charge in [0.25, 0.3) is 0 Å². The highest BCUT2D eigenvalue weighted by Crippen LogP contribution is 2.02. The molecular weight excluding hydrogens is 261 g/mol. The van der Waals surface area contributed by atoms with E-state index in [2.05, 4.69) is 5.32 Å². The first-order valence-electron chi connectivity index (χ1n) is 6.49. The molecule has 0 bridgehead atoms. The fraction of sp³-hybridized carbons (Fsp3) is 0.429. The molecule has 0 radical (unpaired) electrons. The van der Waals surface area contributed by atoms with Crippen molar-refractivity contribution in [2.24, 2.45) is 5.73 Å². The third-order valence-electron chi connectivity index (χ3n) is 2.82. The van der Waals surface area contributed by atoms with E-state index in [0.29, 0.717) is 13.1 Å². The van der Waals surface area contributed by atoms with Crippen molar-refractivity contribution in [2.75, 3.05) is 13.1 Å². The van der Waals surface area contributed by atoms with Crippen LogP contribution in [-0.4, -0.2) is 35.8 Å². The van der Waals surface area contributed by atoms with Crippen molar-refractivity contribution < 1.29 is 14.0 Å². The molecular formula is C14H20FN3O2. The van der Waals surface area contributed by atoms with E-state index < -0.39 is 6.04 Å². The van der Waals surface area contributed by atoms with E-state index in [4.69, 9.17) is 5.73 Å². The topological polar surface area (TPSA) is 75.4 Å². The lowest BCUT2D eigenvalue weighted by molar-refractivity contribution is -0.136. The van der Waals surface area contributed by atoms with Gasteiger partial charge in [0.05, 0.1) is 12.6 Å². The second kappa shape index (κ2) is 7.59. The number of amides is 2. The lowest BCUT2D eigenvalue weighted by Gasteiger charge is -2.22. The largest absolute Gasteiger partial charge is 0.350 e. The van der Waals surface area contributed by atoms with Gasteiger partial charge in [-0.15, -0.1) is 0 Å². The molecule has 0 heterocycles. The van der Waals surface area contributed by atoms with Gasteiger partial charge in [0.1, 0.15) is 5.82 Å². The Labute approximate surface area is 117 Å². The molecule has 1 aromatic rings. The fourth-order valence-electron chi connectivity index (χ4n) is 1.67. The van der Waals surface area contributed by atoms with E-state index >= 15 is 0 Å². The molecule has 5 nitrogen and oxygen atoms in total. The van der Waals surface area contributed by atoms with Crippen LogP contribution >= 0.6 is 0 Å². The maximum absolute atomic E-state index is 12.7. The van der Waals surface area contributed by atoms with Crippen LogP contribution in [0.4, 0.5) is 4.39 Å². The number of nitrogens with zero attached hydrogens (tertiary/aromatic N) is 1. The number of carbonyl (C=O) groups excluding carboxylic acids is 2. The number of nitrogens with one attached hydrogen (secondary N) is 1. The quantitative estimate of drug-likeness (QED) is 0.803. The molecule has 3 N–H and O–H groups in total. The Bertz CT molecular complexity index is 460. The molecule has 0 saturated heterocycles. The number of likely N-dealkylation sites (N-methyl/N-ethyl adjacent to an activating group) is 1. The van der Waals surface area contributed by atoms with E-state index in [1.54, 1.807) is 26.0 Å². The summed E-state index contributed by atoms with van der Waals surface area (Å²) >= 11 is 0. The number of nitrogens with two attached hydrogens (primary N) is 1. The van der Waals surface area contributed by atoms with Crippen LogP contribution in [0.15, 0.2) is 24.3 Å². The number of carbonyl (C=O) groups is 2. The SMILES string of the molecule is CCN(CC(=O)NCc1ccc(F)cc1)C(=O)[C@@H](C)N. The number of rotatable bonds is 6. The van der Waals surface area contributed by atoms with Crippen LogP contribution in [0.2, 0.25) is 0 Å². The summed E-state index contributed by atoms with van der Waals surface area (Å²) in [5, 5.41) is 2.68. The normalized spacial score (nSPS) is 11.8. The van der Waals surface area contributed by atoms with Gasteiger partial charge in [-0.05, 0) is 31.5 Å². The zero-order valence-corrected chi connectivity index (χ0v) is 11.7. The molecule has 0 aliphatic rings. The van der Waals surface area contributed by atoms with E-state index in [1.807, 2.05) is 0 Å². The van der Waals surface area contributed by atoms with Gasteiger partial charge >= 0.3 is 0 Å². The summed E-state index contributed by atoms with van der Waals surface area (Å²) in [7, 11) is 0. The van der Waals surface area contributed by atoms with Crippen molar-refractivity contribution in [3.63, 3.8) is 0 Å². The number of halogens is 1. The summed E-state index contributed by atoms with van der Waals surface area (Å²) < 4.78 is 12.7. The Kier molecular flexibility index (Phi) is 6.11. The Balaban J connectivity index is 2.46. The van der Waals surface area contributed by atoms with Gasteiger partial charge in [-0.2, -0.15) is 0 Å². The number of hydrogen-bond donors (Lipinski definition) is 2. The summed E-state index contributed by atoms with van der Waals surface area (Å²) in [6.07, 6.45) is 0. The average molecular weight is 281 g/mol. The summed E-state index contributed by atoms with van der Waals surface area (Å²) in [6.45, 7) is 4.06. The molecule has 6 heteroatoms. The maximum atomic E-state index is 12.7. The minimum atomic E-state index is -0.625. The van der Waals surface area contributed by atoms with Gasteiger partial charge in [-0.25, -0.2) is 4.39 Å². The minimum Gasteiger partial charge on any atom is -0.350 e. The summed E-state index contributed by atoms with van der Waals surface area (Å²) in [5.41, 5.74) is 6.30. The molecule has 0 unspecified atom stereocenters. The molecule has 0 aromatic heterocycles. The van der Waals surface area contributed by atoms with E-state index in [0.717, 1.165) is 5.56 Å². The van der Waals surface area contributed by atoms with Gasteiger partial charge in [0.2, 0.25) is 11.8 Å². The second-order valence-corrected chi connectivity index (χ2v) is 4.54. The predicted octanol–water partition coefficient (Wildman–Crippen LogP) is 0.638. The van der Waals surface area contributed by atoms with E-state index in [9.17, 15) is 14.0 Å². The lowest BCUT2D eigenvalue weighted by Crippen LogP contribution is -2.46. The zero-order valence-electron chi connectivity index (χ0n) is 11.7. The Hall–Kier alpha value is -1.95. The van der Waals surface area contributed by atoms with Crippen LogP contribution in [-0.2, 0) is 16.1 Å². The number of benzene rings is 1. The van der Waals surface area contributed by atoms with Crippen LogP contribution in [0.3, 0.4) is 0 Å². The first kappa shape index (κ1) is 16.1. The third kappa shape index (κ3) is 4.97. The zero-order chi connectivity index (χ0) is 15.1. The first-order chi connectivity index (χ1) is 9.43. The third-order valence-corrected chi connectivity index (χ3v) is 2.82. The molecule has 0 saturated carbocycles. The first-order valence-corrected chi connectivity index (χ1v) is 6.49. The van der Waals surface area contributed by atoms with Crippen LogP contribution in [0.1, 0.15) is 19.4 Å². The molecule has 1 aromatic carbocycles. The van der Waals surface area contributed by atoms with Crippen LogP contribution in [0.25, 0.3) is 0 Å². The maximum Gasteiger partial charge on any atom is 0.239 e. The van der Waals surface area contributed by atoms with Crippen molar-refractivity contribution in [1.29, 1.82) is 0 Å². The summed E-state index contributed by atoms with van der Waals surface area (Å²) in [5.74, 6) is -0.852. The highest BCUT2D eigenvalue weighted by atomic mass is 19.1. The van der Waals surface area contributed by atoms with Gasteiger partial charge in [-0.3, -0.25) is 9.59 Å². The van der Waals surface area contributed by atoms with Crippen molar-refractivity contribution in [1.82, 2.24) is 10.2 Å². The predicted molar refractivity (Wildman–Crippen MR) is 74.2 cm³/mol. The van der Waals surface area contributed by atoms with Gasteiger partial charge < -0.3 is 16.0 Å². The second-order valence-electron chi connectivity index (χ2n) is 4.54. The van der Waals surface area contributed by atoms with Crippen molar-refractivity contribution >= 4 is 11.8 Å². The Morgan fingerprint density at radius 3 is 2.45 bits per heavy atom. The van der Waals surface area contributed by atoms with E-state index in [-0.39, 0.29) is 24.2 Å². The standard InChI is InChI=1S/C14H20FN3O2/c1-3-18(14(20)10(2)16)9-13(19)17-8-11-4-6-12(15)7-5-11/h4-7,10H,3,8-9,16H2,1-2H3,(H,17,19)/t10-/m1/s1. The van der Waals surface area contributed by atoms with Crippen LogP contribution in [0, 0.1) is 5.82 Å². The van der Waals surface area contributed by atoms with Gasteiger partial charge in [0.15, 0.2) is 0 Å². The minimum absolute atomic E-state index is 0.0297. The molecule has 0 aliphatic carbocycles. The molecule has 1 rings (SSSR count). The summed E-state index contributed by atoms with van der Waals surface area (Å²) in [4.78, 5) is 24.9. The molecule has 20 heavy (non-hydrogen) atoms. The Morgan fingerprint density at radius 1 is 1.35 bits per heavy atom. The Morgan fingerprint density at radius 2 is 1.95 bits per heavy atom. The lowest BCUT2D eigenvalue weighted by atomic mass is 10.2. The van der Waals surface area contributed by atoms with Crippen LogP contribution < -0.4 is 11.1 Å². The monoisotopic (exact) mass is 281 g/mol. The number of hydrogen-bond acceptors (Lipinski definition) is 3. The molecule has 0 spiro atoms. The van der Waals surface area contributed by atoms with Gasteiger partial charge in [0, 0.05) is 13.1 Å². The molecule has 0 fully saturated rings. The van der Waals surface area contributed by atoms with Crippen LogP contribution in [0.5, 0.6) is 0 Å². The van der Waals surface area contributed by atoms with E-state index in [1.165, 1.54) is 17.0 Å². The molecule has 110 valence electrons. The highest BCUT2D eigenvalue weighted by Gasteiger charge is 2.18. The average Bonchev–Trinajstić information content (AvgIpc) is 2.43. The molecule has 1 atom stereocenters. The van der Waals surface area contributed by atoms with Crippen molar-refractivity contribution in [3.05, 3.63) is 35.6 Å². The molecule has 2 amide bonds. The van der Waals surface area contributed by atoms with Gasteiger partial charge in [-0.1, -0.05) is 12.1 Å². The fourth-order valence-corrected chi connectivity index (χ4v) is 1.67. The van der Waals surface area contributed by atoms with Crippen molar-refractivity contribution in [3.8, 4) is 0 Å².